The molecule has 0 atom stereocenters. The minimum Gasteiger partial charge on any atom is -0.355 e. The number of nitrogens with one attached hydrogen (secondary N) is 2. The molecule has 2 N–H and O–H groups in total. The first-order valence-electron chi connectivity index (χ1n) is 9.36. The molecule has 0 heterocycles. The summed E-state index contributed by atoms with van der Waals surface area (Å²) < 4.78 is 0. The van der Waals surface area contributed by atoms with E-state index in [2.05, 4.69) is 60.2 Å². The van der Waals surface area contributed by atoms with E-state index >= 15 is 0 Å². The zero-order valence-corrected chi connectivity index (χ0v) is 16.2. The molecular formula is C18H39N5. The predicted molar refractivity (Wildman–Crippen MR) is 101 cm³/mol. The van der Waals surface area contributed by atoms with Crippen LogP contribution in [0.3, 0.4) is 0 Å². The van der Waals surface area contributed by atoms with E-state index in [0.717, 1.165) is 38.2 Å². The minimum absolute atomic E-state index is 0.576. The van der Waals surface area contributed by atoms with Crippen molar-refractivity contribution in [3.63, 3.8) is 0 Å². The van der Waals surface area contributed by atoms with Gasteiger partial charge in [0.1, 0.15) is 0 Å². The van der Waals surface area contributed by atoms with Gasteiger partial charge < -0.3 is 15.5 Å². The number of rotatable bonds is 9. The van der Waals surface area contributed by atoms with Gasteiger partial charge >= 0.3 is 0 Å². The summed E-state index contributed by atoms with van der Waals surface area (Å²) in [5.41, 5.74) is 0. The van der Waals surface area contributed by atoms with Crippen molar-refractivity contribution < 1.29 is 0 Å². The lowest BCUT2D eigenvalue weighted by Gasteiger charge is -2.30. The fraction of sp³-hybridized carbons (Fsp3) is 0.944. The highest BCUT2D eigenvalue weighted by Gasteiger charge is 2.18. The predicted octanol–water partition coefficient (Wildman–Crippen LogP) is 2.14. The molecule has 0 radical (unpaired) electrons. The molecular weight excluding hydrogens is 286 g/mol. The van der Waals surface area contributed by atoms with Gasteiger partial charge in [-0.3, -0.25) is 9.89 Å². The van der Waals surface area contributed by atoms with Crippen molar-refractivity contribution in [3.8, 4) is 0 Å². The summed E-state index contributed by atoms with van der Waals surface area (Å²) in [5.74, 6) is 0.914. The Morgan fingerprint density at radius 3 is 2.00 bits per heavy atom. The normalized spacial score (nSPS) is 17.0. The summed E-state index contributed by atoms with van der Waals surface area (Å²) in [5, 5.41) is 6.87. The first kappa shape index (κ1) is 20.2. The number of guanidine groups is 1. The summed E-state index contributed by atoms with van der Waals surface area (Å²) in [6.07, 6.45) is 5.52. The highest BCUT2D eigenvalue weighted by Crippen LogP contribution is 2.21. The lowest BCUT2D eigenvalue weighted by atomic mass is 10.2. The highest BCUT2D eigenvalue weighted by molar-refractivity contribution is 5.79. The Morgan fingerprint density at radius 1 is 1.00 bits per heavy atom. The summed E-state index contributed by atoms with van der Waals surface area (Å²) in [7, 11) is 4.09. The first-order chi connectivity index (χ1) is 11.0. The maximum Gasteiger partial charge on any atom is 0.191 e. The van der Waals surface area contributed by atoms with Crippen molar-refractivity contribution in [3.05, 3.63) is 0 Å². The van der Waals surface area contributed by atoms with Crippen LogP contribution in [0.1, 0.15) is 53.4 Å². The first-order valence-corrected chi connectivity index (χ1v) is 9.36. The summed E-state index contributed by atoms with van der Waals surface area (Å²) in [6, 6.07) is 1.94. The third-order valence-corrected chi connectivity index (χ3v) is 4.92. The topological polar surface area (TPSA) is 42.9 Å². The Balaban J connectivity index is 2.21. The number of hydrogen-bond acceptors (Lipinski definition) is 3. The van der Waals surface area contributed by atoms with Gasteiger partial charge in [-0.1, -0.05) is 12.8 Å². The van der Waals surface area contributed by atoms with Crippen LogP contribution in [0.25, 0.3) is 0 Å². The van der Waals surface area contributed by atoms with Gasteiger partial charge in [-0.15, -0.1) is 0 Å². The second-order valence-corrected chi connectivity index (χ2v) is 7.27. The zero-order chi connectivity index (χ0) is 17.2. The van der Waals surface area contributed by atoms with Crippen LogP contribution in [-0.4, -0.2) is 74.2 Å². The molecule has 0 spiro atoms. The van der Waals surface area contributed by atoms with E-state index in [1.54, 1.807) is 0 Å². The van der Waals surface area contributed by atoms with Crippen LogP contribution in [0.2, 0.25) is 0 Å². The average molecular weight is 326 g/mol. The van der Waals surface area contributed by atoms with Gasteiger partial charge in [0.25, 0.3) is 0 Å². The number of likely N-dealkylation sites (N-methyl/N-ethyl adjacent to an activating group) is 1. The zero-order valence-electron chi connectivity index (χ0n) is 16.2. The Hall–Kier alpha value is -0.810. The van der Waals surface area contributed by atoms with Crippen LogP contribution in [0.15, 0.2) is 4.99 Å². The van der Waals surface area contributed by atoms with E-state index in [9.17, 15) is 0 Å². The van der Waals surface area contributed by atoms with E-state index in [-0.39, 0.29) is 0 Å². The second-order valence-electron chi connectivity index (χ2n) is 7.27. The molecule has 136 valence electrons. The standard InChI is InChI=1S/C18H39N5/c1-15(2)23(16(3)4)14-12-21-18(19-5)20-11-13-22(6)17-9-7-8-10-17/h15-17H,7-14H2,1-6H3,(H2,19,20,21). The van der Waals surface area contributed by atoms with Gasteiger partial charge in [0.05, 0.1) is 0 Å². The number of nitrogens with zero attached hydrogens (tertiary/aromatic N) is 3. The van der Waals surface area contributed by atoms with Crippen LogP contribution in [0.4, 0.5) is 0 Å². The van der Waals surface area contributed by atoms with Crippen molar-refractivity contribution in [1.29, 1.82) is 0 Å². The molecule has 1 fully saturated rings. The largest absolute Gasteiger partial charge is 0.355 e. The SMILES string of the molecule is CN=C(NCCN(C)C1CCCC1)NCCN(C(C)C)C(C)C. The molecule has 0 bridgehead atoms. The van der Waals surface area contributed by atoms with Gasteiger partial charge in [-0.05, 0) is 47.6 Å². The summed E-state index contributed by atoms with van der Waals surface area (Å²) in [4.78, 5) is 9.31. The van der Waals surface area contributed by atoms with Crippen LogP contribution >= 0.6 is 0 Å². The van der Waals surface area contributed by atoms with Gasteiger partial charge in [0, 0.05) is 51.4 Å². The van der Waals surface area contributed by atoms with Crippen molar-refractivity contribution in [1.82, 2.24) is 20.4 Å². The van der Waals surface area contributed by atoms with Gasteiger partial charge in [0.15, 0.2) is 5.96 Å². The molecule has 0 amide bonds. The quantitative estimate of drug-likeness (QED) is 0.503. The maximum atomic E-state index is 4.33. The molecule has 0 aliphatic heterocycles. The summed E-state index contributed by atoms with van der Waals surface area (Å²) >= 11 is 0. The van der Waals surface area contributed by atoms with E-state index < -0.39 is 0 Å². The molecule has 0 saturated heterocycles. The number of aliphatic imine (C=N–C) groups is 1. The summed E-state index contributed by atoms with van der Waals surface area (Å²) in [6.45, 7) is 13.0. The van der Waals surface area contributed by atoms with E-state index in [1.807, 2.05) is 7.05 Å². The fourth-order valence-electron chi connectivity index (χ4n) is 3.51. The van der Waals surface area contributed by atoms with Gasteiger partial charge in [0.2, 0.25) is 0 Å². The van der Waals surface area contributed by atoms with Crippen LogP contribution in [-0.2, 0) is 0 Å². The van der Waals surface area contributed by atoms with Crippen molar-refractivity contribution >= 4 is 5.96 Å². The third kappa shape index (κ3) is 7.53. The fourth-order valence-corrected chi connectivity index (χ4v) is 3.51. The van der Waals surface area contributed by atoms with Crippen LogP contribution < -0.4 is 10.6 Å². The Bertz CT molecular complexity index is 326. The lowest BCUT2D eigenvalue weighted by molar-refractivity contribution is 0.178. The Morgan fingerprint density at radius 2 is 1.52 bits per heavy atom. The lowest BCUT2D eigenvalue weighted by Crippen LogP contribution is -2.46. The molecule has 0 aromatic carbocycles. The Labute approximate surface area is 143 Å². The van der Waals surface area contributed by atoms with Gasteiger partial charge in [-0.2, -0.15) is 0 Å². The second kappa shape index (κ2) is 10.9. The van der Waals surface area contributed by atoms with Crippen molar-refractivity contribution in [2.75, 3.05) is 40.3 Å². The molecule has 0 aromatic rings. The number of hydrogen-bond donors (Lipinski definition) is 2. The monoisotopic (exact) mass is 325 g/mol. The van der Waals surface area contributed by atoms with E-state index in [4.69, 9.17) is 0 Å². The molecule has 5 heteroatoms. The third-order valence-electron chi connectivity index (χ3n) is 4.92. The van der Waals surface area contributed by atoms with Crippen LogP contribution in [0, 0.1) is 0 Å². The molecule has 1 saturated carbocycles. The highest BCUT2D eigenvalue weighted by atomic mass is 15.2. The minimum atomic E-state index is 0.576. The van der Waals surface area contributed by atoms with E-state index in [0.29, 0.717) is 12.1 Å². The molecule has 5 nitrogen and oxygen atoms in total. The van der Waals surface area contributed by atoms with Crippen LogP contribution in [0.5, 0.6) is 0 Å². The molecule has 0 aromatic heterocycles. The maximum absolute atomic E-state index is 4.33. The Kier molecular flexibility index (Phi) is 9.56. The molecule has 23 heavy (non-hydrogen) atoms. The molecule has 0 unspecified atom stereocenters. The van der Waals surface area contributed by atoms with Gasteiger partial charge in [-0.25, -0.2) is 0 Å². The molecule has 1 rings (SSSR count). The molecule has 1 aliphatic carbocycles. The smallest absolute Gasteiger partial charge is 0.191 e. The average Bonchev–Trinajstić information content (AvgIpc) is 3.03. The van der Waals surface area contributed by atoms with Crippen molar-refractivity contribution in [2.24, 2.45) is 4.99 Å². The van der Waals surface area contributed by atoms with Crippen molar-refractivity contribution in [2.45, 2.75) is 71.5 Å². The van der Waals surface area contributed by atoms with E-state index in [1.165, 1.54) is 25.7 Å². The molecule has 1 aliphatic rings.